The first-order valence-electron chi connectivity index (χ1n) is 7.41. The maximum Gasteiger partial charge on any atom is 0.0469 e. The summed E-state index contributed by atoms with van der Waals surface area (Å²) in [6.07, 6.45) is 3.53. The normalized spacial score (nSPS) is 27.2. The summed E-state index contributed by atoms with van der Waals surface area (Å²) in [4.78, 5) is 4.22. The molecule has 0 radical (unpaired) electrons. The topological polar surface area (TPSA) is 38.5 Å². The molecule has 0 bridgehead atoms. The Morgan fingerprint density at radius 1 is 1.47 bits per heavy atom. The van der Waals surface area contributed by atoms with E-state index in [1.165, 1.54) is 24.8 Å². The van der Waals surface area contributed by atoms with Gasteiger partial charge in [0.05, 0.1) is 0 Å². The molecule has 2 aliphatic rings. The van der Waals surface area contributed by atoms with Crippen LogP contribution in [0.15, 0.2) is 11.4 Å². The molecule has 1 saturated heterocycles. The van der Waals surface area contributed by atoms with Crippen LogP contribution in [-0.2, 0) is 11.2 Å². The standard InChI is InChI=1S/C15H24N2OS/c1-11-13-5-9-19-15(13)2-6-17(11)14(10-16)12-3-7-18-8-4-12/h5,9,11-12,14H,2-4,6-8,10,16H2,1H3. The first-order valence-corrected chi connectivity index (χ1v) is 8.29. The van der Waals surface area contributed by atoms with Crippen LogP contribution in [0.1, 0.15) is 36.2 Å². The van der Waals surface area contributed by atoms with Gasteiger partial charge in [-0.05, 0) is 49.1 Å². The van der Waals surface area contributed by atoms with Crippen molar-refractivity contribution in [2.45, 2.75) is 38.3 Å². The molecule has 2 aliphatic heterocycles. The van der Waals surface area contributed by atoms with Crippen molar-refractivity contribution >= 4 is 11.3 Å². The minimum Gasteiger partial charge on any atom is -0.381 e. The van der Waals surface area contributed by atoms with Gasteiger partial charge in [0.2, 0.25) is 0 Å². The smallest absolute Gasteiger partial charge is 0.0469 e. The molecule has 0 aromatic carbocycles. The fraction of sp³-hybridized carbons (Fsp3) is 0.733. The highest BCUT2D eigenvalue weighted by Crippen LogP contribution is 2.36. The van der Waals surface area contributed by atoms with Crippen molar-refractivity contribution in [1.82, 2.24) is 4.90 Å². The van der Waals surface area contributed by atoms with Gasteiger partial charge in [-0.2, -0.15) is 0 Å². The molecule has 3 rings (SSSR count). The number of hydrogen-bond acceptors (Lipinski definition) is 4. The lowest BCUT2D eigenvalue weighted by Gasteiger charge is -2.43. The molecule has 2 unspecified atom stereocenters. The van der Waals surface area contributed by atoms with Crippen LogP contribution in [0.5, 0.6) is 0 Å². The van der Waals surface area contributed by atoms with E-state index < -0.39 is 0 Å². The van der Waals surface area contributed by atoms with Gasteiger partial charge in [0, 0.05) is 43.3 Å². The second kappa shape index (κ2) is 5.92. The molecule has 0 saturated carbocycles. The summed E-state index contributed by atoms with van der Waals surface area (Å²) in [5.41, 5.74) is 7.64. The van der Waals surface area contributed by atoms with Gasteiger partial charge in [-0.1, -0.05) is 0 Å². The van der Waals surface area contributed by atoms with Gasteiger partial charge in [0.1, 0.15) is 0 Å². The maximum atomic E-state index is 6.11. The van der Waals surface area contributed by atoms with Gasteiger partial charge < -0.3 is 10.5 Å². The molecule has 1 fully saturated rings. The Morgan fingerprint density at radius 2 is 2.26 bits per heavy atom. The molecule has 0 amide bonds. The molecule has 3 heterocycles. The fourth-order valence-electron chi connectivity index (χ4n) is 3.68. The molecule has 4 heteroatoms. The lowest BCUT2D eigenvalue weighted by molar-refractivity contribution is 0.0143. The highest BCUT2D eigenvalue weighted by molar-refractivity contribution is 7.10. The second-order valence-corrected chi connectivity index (χ2v) is 6.72. The molecular weight excluding hydrogens is 256 g/mol. The van der Waals surface area contributed by atoms with Crippen molar-refractivity contribution in [2.75, 3.05) is 26.3 Å². The molecule has 2 N–H and O–H groups in total. The molecule has 106 valence electrons. The average Bonchev–Trinajstić information content (AvgIpc) is 2.93. The third-order valence-electron chi connectivity index (χ3n) is 4.80. The summed E-state index contributed by atoms with van der Waals surface area (Å²) in [5, 5.41) is 2.23. The van der Waals surface area contributed by atoms with Crippen molar-refractivity contribution in [3.05, 3.63) is 21.9 Å². The Labute approximate surface area is 119 Å². The van der Waals surface area contributed by atoms with Gasteiger partial charge in [0.15, 0.2) is 0 Å². The van der Waals surface area contributed by atoms with Crippen molar-refractivity contribution in [1.29, 1.82) is 0 Å². The average molecular weight is 280 g/mol. The summed E-state index contributed by atoms with van der Waals surface area (Å²) >= 11 is 1.91. The van der Waals surface area contributed by atoms with E-state index in [0.29, 0.717) is 18.0 Å². The molecule has 1 aromatic heterocycles. The molecule has 2 atom stereocenters. The molecule has 3 nitrogen and oxygen atoms in total. The summed E-state index contributed by atoms with van der Waals surface area (Å²) in [5.74, 6) is 0.710. The van der Waals surface area contributed by atoms with Crippen LogP contribution < -0.4 is 5.73 Å². The Balaban J connectivity index is 1.76. The zero-order valence-electron chi connectivity index (χ0n) is 11.7. The number of rotatable bonds is 3. The van der Waals surface area contributed by atoms with Crippen LogP contribution in [0.3, 0.4) is 0 Å². The lowest BCUT2D eigenvalue weighted by Crippen LogP contribution is -2.50. The van der Waals surface area contributed by atoms with E-state index in [1.54, 1.807) is 4.88 Å². The van der Waals surface area contributed by atoms with Crippen LogP contribution >= 0.6 is 11.3 Å². The summed E-state index contributed by atoms with van der Waals surface area (Å²) < 4.78 is 5.49. The zero-order valence-corrected chi connectivity index (χ0v) is 12.5. The van der Waals surface area contributed by atoms with Crippen molar-refractivity contribution in [3.8, 4) is 0 Å². The van der Waals surface area contributed by atoms with E-state index in [9.17, 15) is 0 Å². The Kier molecular flexibility index (Phi) is 4.22. The van der Waals surface area contributed by atoms with Gasteiger partial charge in [-0.25, -0.2) is 0 Å². The van der Waals surface area contributed by atoms with Crippen molar-refractivity contribution < 1.29 is 4.74 Å². The van der Waals surface area contributed by atoms with Crippen LogP contribution in [0.25, 0.3) is 0 Å². The maximum absolute atomic E-state index is 6.11. The van der Waals surface area contributed by atoms with Crippen molar-refractivity contribution in [2.24, 2.45) is 11.7 Å². The largest absolute Gasteiger partial charge is 0.381 e. The van der Waals surface area contributed by atoms with Gasteiger partial charge in [-0.3, -0.25) is 4.90 Å². The molecule has 1 aromatic rings. The number of nitrogens with two attached hydrogens (primary N) is 1. The highest BCUT2D eigenvalue weighted by atomic mass is 32.1. The van der Waals surface area contributed by atoms with Crippen LogP contribution in [0.2, 0.25) is 0 Å². The lowest BCUT2D eigenvalue weighted by atomic mass is 9.87. The molecule has 0 spiro atoms. The van der Waals surface area contributed by atoms with E-state index in [0.717, 1.165) is 26.3 Å². The third-order valence-corrected chi connectivity index (χ3v) is 5.80. The highest BCUT2D eigenvalue weighted by Gasteiger charge is 2.34. The van der Waals surface area contributed by atoms with Gasteiger partial charge in [0.25, 0.3) is 0 Å². The minimum atomic E-state index is 0.520. The first kappa shape index (κ1) is 13.6. The zero-order chi connectivity index (χ0) is 13.2. The summed E-state index contributed by atoms with van der Waals surface area (Å²) in [6.45, 7) is 6.09. The van der Waals surface area contributed by atoms with E-state index in [2.05, 4.69) is 23.3 Å². The Morgan fingerprint density at radius 3 is 3.00 bits per heavy atom. The fourth-order valence-corrected chi connectivity index (χ4v) is 4.64. The van der Waals surface area contributed by atoms with Gasteiger partial charge >= 0.3 is 0 Å². The predicted octanol–water partition coefficient (Wildman–Crippen LogP) is 2.42. The first-order chi connectivity index (χ1) is 9.31. The SMILES string of the molecule is CC1c2ccsc2CCN1C(CN)C1CCOCC1. The minimum absolute atomic E-state index is 0.520. The quantitative estimate of drug-likeness (QED) is 0.924. The number of thiophene rings is 1. The molecule has 19 heavy (non-hydrogen) atoms. The predicted molar refractivity (Wildman–Crippen MR) is 79.5 cm³/mol. The number of fused-ring (bicyclic) bond motifs is 1. The Bertz CT molecular complexity index is 414. The number of nitrogens with zero attached hydrogens (tertiary/aromatic N) is 1. The van der Waals surface area contributed by atoms with Crippen molar-refractivity contribution in [3.63, 3.8) is 0 Å². The summed E-state index contributed by atoms with van der Waals surface area (Å²) in [6, 6.07) is 3.34. The van der Waals surface area contributed by atoms with Gasteiger partial charge in [-0.15, -0.1) is 11.3 Å². The second-order valence-electron chi connectivity index (χ2n) is 5.72. The van der Waals surface area contributed by atoms with Crippen LogP contribution in [0, 0.1) is 5.92 Å². The molecular formula is C15H24N2OS. The molecule has 0 aliphatic carbocycles. The summed E-state index contributed by atoms with van der Waals surface area (Å²) in [7, 11) is 0. The van der Waals surface area contributed by atoms with E-state index in [1.807, 2.05) is 11.3 Å². The van der Waals surface area contributed by atoms with E-state index in [4.69, 9.17) is 10.5 Å². The third kappa shape index (κ3) is 2.59. The van der Waals surface area contributed by atoms with E-state index in [-0.39, 0.29) is 0 Å². The monoisotopic (exact) mass is 280 g/mol. The van der Waals surface area contributed by atoms with Crippen LogP contribution in [0.4, 0.5) is 0 Å². The van der Waals surface area contributed by atoms with E-state index >= 15 is 0 Å². The van der Waals surface area contributed by atoms with Crippen LogP contribution in [-0.4, -0.2) is 37.2 Å². The number of ether oxygens (including phenoxy) is 1. The number of hydrogen-bond donors (Lipinski definition) is 1. The Hall–Kier alpha value is -0.420.